The molecule has 1 amide bonds. The topological polar surface area (TPSA) is 66.0 Å². The molecule has 0 saturated carbocycles. The Morgan fingerprint density at radius 3 is 1.62 bits per heavy atom. The zero-order valence-electron chi connectivity index (χ0n) is 15.2. The molecule has 0 unspecified atom stereocenters. The molecule has 0 saturated heterocycles. The van der Waals surface area contributed by atoms with Crippen molar-refractivity contribution in [2.75, 3.05) is 33.0 Å². The summed E-state index contributed by atoms with van der Waals surface area (Å²) in [6.07, 6.45) is 0. The molecule has 2 aromatic carbocycles. The van der Waals surface area contributed by atoms with Gasteiger partial charge in [-0.25, -0.2) is 0 Å². The van der Waals surface area contributed by atoms with Crippen molar-refractivity contribution in [1.82, 2.24) is 5.32 Å². The lowest BCUT2D eigenvalue weighted by Gasteiger charge is -2.10. The van der Waals surface area contributed by atoms with E-state index in [1.807, 2.05) is 38.1 Å². The number of rotatable bonds is 11. The van der Waals surface area contributed by atoms with Crippen molar-refractivity contribution < 1.29 is 23.7 Å². The molecule has 0 bridgehead atoms. The molecule has 2 aromatic rings. The number of carbonyl (C=O) groups is 1. The zero-order chi connectivity index (χ0) is 18.6. The number of ether oxygens (including phenoxy) is 4. The average Bonchev–Trinajstić information content (AvgIpc) is 2.66. The Morgan fingerprint density at radius 2 is 1.15 bits per heavy atom. The lowest BCUT2D eigenvalue weighted by atomic mass is 10.3. The van der Waals surface area contributed by atoms with Gasteiger partial charge in [-0.15, -0.1) is 0 Å². The maximum Gasteiger partial charge on any atom is 0.258 e. The highest BCUT2D eigenvalue weighted by Gasteiger charge is 2.03. The van der Waals surface area contributed by atoms with Crippen molar-refractivity contribution in [3.8, 4) is 23.0 Å². The first-order chi connectivity index (χ1) is 12.7. The molecule has 140 valence electrons. The minimum absolute atomic E-state index is 0.0446. The van der Waals surface area contributed by atoms with Crippen molar-refractivity contribution in [3.63, 3.8) is 0 Å². The number of benzene rings is 2. The summed E-state index contributed by atoms with van der Waals surface area (Å²) in [4.78, 5) is 11.8. The van der Waals surface area contributed by atoms with Gasteiger partial charge in [0.2, 0.25) is 0 Å². The fourth-order valence-electron chi connectivity index (χ4n) is 2.16. The third kappa shape index (κ3) is 6.93. The average molecular weight is 359 g/mol. The molecule has 0 aliphatic rings. The summed E-state index contributed by atoms with van der Waals surface area (Å²) in [6.45, 7) is 5.84. The van der Waals surface area contributed by atoms with Gasteiger partial charge in [0.25, 0.3) is 5.91 Å². The van der Waals surface area contributed by atoms with Crippen LogP contribution in [-0.4, -0.2) is 38.9 Å². The summed E-state index contributed by atoms with van der Waals surface area (Å²) in [6, 6.07) is 14.5. The van der Waals surface area contributed by atoms with Gasteiger partial charge in [-0.3, -0.25) is 4.79 Å². The summed E-state index contributed by atoms with van der Waals surface area (Å²) >= 11 is 0. The molecule has 6 nitrogen and oxygen atoms in total. The van der Waals surface area contributed by atoms with Gasteiger partial charge in [0.05, 0.1) is 19.8 Å². The van der Waals surface area contributed by atoms with Gasteiger partial charge < -0.3 is 24.3 Å². The van der Waals surface area contributed by atoms with Gasteiger partial charge in [-0.1, -0.05) is 0 Å². The van der Waals surface area contributed by atoms with E-state index < -0.39 is 0 Å². The van der Waals surface area contributed by atoms with Crippen LogP contribution in [0, 0.1) is 0 Å². The van der Waals surface area contributed by atoms with E-state index in [0.717, 1.165) is 17.2 Å². The first kappa shape index (κ1) is 19.4. The van der Waals surface area contributed by atoms with Gasteiger partial charge in [0.1, 0.15) is 29.6 Å². The van der Waals surface area contributed by atoms with Gasteiger partial charge in [-0.05, 0) is 62.4 Å². The lowest BCUT2D eigenvalue weighted by molar-refractivity contribution is -0.123. The molecular formula is C20H25NO5. The SMILES string of the molecule is CCOc1ccc(OCCNC(=O)COc2ccc(OCC)cc2)cc1. The molecule has 6 heteroatoms. The van der Waals surface area contributed by atoms with Crippen molar-refractivity contribution in [3.05, 3.63) is 48.5 Å². The van der Waals surface area contributed by atoms with Gasteiger partial charge in [0.15, 0.2) is 6.61 Å². The maximum absolute atomic E-state index is 11.8. The smallest absolute Gasteiger partial charge is 0.258 e. The second kappa shape index (κ2) is 10.9. The zero-order valence-corrected chi connectivity index (χ0v) is 15.2. The summed E-state index contributed by atoms with van der Waals surface area (Å²) in [5.74, 6) is 2.73. The first-order valence-electron chi connectivity index (χ1n) is 8.69. The number of nitrogens with one attached hydrogen (secondary N) is 1. The van der Waals surface area contributed by atoms with Crippen molar-refractivity contribution in [2.24, 2.45) is 0 Å². The van der Waals surface area contributed by atoms with Crippen molar-refractivity contribution in [2.45, 2.75) is 13.8 Å². The van der Waals surface area contributed by atoms with E-state index in [1.165, 1.54) is 0 Å². The Hall–Kier alpha value is -2.89. The van der Waals surface area contributed by atoms with Gasteiger partial charge in [0, 0.05) is 0 Å². The molecule has 0 heterocycles. The Labute approximate surface area is 154 Å². The van der Waals surface area contributed by atoms with Crippen LogP contribution < -0.4 is 24.3 Å². The minimum Gasteiger partial charge on any atom is -0.494 e. The second-order valence-electron chi connectivity index (χ2n) is 5.30. The number of hydrogen-bond donors (Lipinski definition) is 1. The molecular weight excluding hydrogens is 334 g/mol. The van der Waals surface area contributed by atoms with Crippen LogP contribution in [0.5, 0.6) is 23.0 Å². The van der Waals surface area contributed by atoms with E-state index in [4.69, 9.17) is 18.9 Å². The molecule has 0 radical (unpaired) electrons. The van der Waals surface area contributed by atoms with Crippen LogP contribution in [-0.2, 0) is 4.79 Å². The molecule has 26 heavy (non-hydrogen) atoms. The van der Waals surface area contributed by atoms with Crippen molar-refractivity contribution in [1.29, 1.82) is 0 Å². The second-order valence-corrected chi connectivity index (χ2v) is 5.30. The van der Waals surface area contributed by atoms with Gasteiger partial charge in [-0.2, -0.15) is 0 Å². The molecule has 2 rings (SSSR count). The van der Waals surface area contributed by atoms with E-state index in [1.54, 1.807) is 24.3 Å². The van der Waals surface area contributed by atoms with Crippen LogP contribution >= 0.6 is 0 Å². The number of amides is 1. The Kier molecular flexibility index (Phi) is 8.12. The molecule has 0 aliphatic carbocycles. The van der Waals surface area contributed by atoms with Crippen LogP contribution in [0.1, 0.15) is 13.8 Å². The van der Waals surface area contributed by atoms with Crippen LogP contribution in [0.15, 0.2) is 48.5 Å². The lowest BCUT2D eigenvalue weighted by Crippen LogP contribution is -2.32. The van der Waals surface area contributed by atoms with E-state index in [2.05, 4.69) is 5.32 Å². The third-order valence-corrected chi connectivity index (χ3v) is 3.33. The van der Waals surface area contributed by atoms with Gasteiger partial charge >= 0.3 is 0 Å². The Balaban J connectivity index is 1.61. The standard InChI is InChI=1S/C20H25NO5/c1-3-23-16-5-9-18(10-6-16)25-14-13-21-20(22)15-26-19-11-7-17(8-12-19)24-4-2/h5-12H,3-4,13-15H2,1-2H3,(H,21,22). The predicted molar refractivity (Wildman–Crippen MR) is 99.2 cm³/mol. The fraction of sp³-hybridized carbons (Fsp3) is 0.350. The third-order valence-electron chi connectivity index (χ3n) is 3.33. The predicted octanol–water partition coefficient (Wildman–Crippen LogP) is 3.06. The summed E-state index contributed by atoms with van der Waals surface area (Å²) in [7, 11) is 0. The van der Waals surface area contributed by atoms with Crippen molar-refractivity contribution >= 4 is 5.91 Å². The molecule has 0 aromatic heterocycles. The minimum atomic E-state index is -0.200. The molecule has 0 spiro atoms. The summed E-state index contributed by atoms with van der Waals surface area (Å²) < 4.78 is 21.7. The molecule has 0 atom stereocenters. The van der Waals surface area contributed by atoms with E-state index >= 15 is 0 Å². The number of carbonyl (C=O) groups excluding carboxylic acids is 1. The summed E-state index contributed by atoms with van der Waals surface area (Å²) in [5, 5.41) is 2.75. The Bertz CT molecular complexity index is 655. The normalized spacial score (nSPS) is 10.1. The maximum atomic E-state index is 11.8. The Morgan fingerprint density at radius 1 is 0.731 bits per heavy atom. The highest BCUT2D eigenvalue weighted by molar-refractivity contribution is 5.77. The number of hydrogen-bond acceptors (Lipinski definition) is 5. The van der Waals surface area contributed by atoms with E-state index in [0.29, 0.717) is 32.1 Å². The van der Waals surface area contributed by atoms with E-state index in [9.17, 15) is 4.79 Å². The fourth-order valence-corrected chi connectivity index (χ4v) is 2.16. The molecule has 0 aliphatic heterocycles. The van der Waals surface area contributed by atoms with Crippen LogP contribution in [0.25, 0.3) is 0 Å². The first-order valence-corrected chi connectivity index (χ1v) is 8.69. The highest BCUT2D eigenvalue weighted by Crippen LogP contribution is 2.18. The van der Waals surface area contributed by atoms with Crippen LogP contribution in [0.3, 0.4) is 0 Å². The van der Waals surface area contributed by atoms with E-state index in [-0.39, 0.29) is 12.5 Å². The monoisotopic (exact) mass is 359 g/mol. The largest absolute Gasteiger partial charge is 0.494 e. The quantitative estimate of drug-likeness (QED) is 0.625. The van der Waals surface area contributed by atoms with Crippen LogP contribution in [0.2, 0.25) is 0 Å². The summed E-state index contributed by atoms with van der Waals surface area (Å²) in [5.41, 5.74) is 0. The highest BCUT2D eigenvalue weighted by atomic mass is 16.5. The molecule has 0 fully saturated rings. The van der Waals surface area contributed by atoms with Crippen LogP contribution in [0.4, 0.5) is 0 Å². The molecule has 1 N–H and O–H groups in total.